The van der Waals surface area contributed by atoms with Crippen molar-refractivity contribution in [1.82, 2.24) is 0 Å². The fourth-order valence-corrected chi connectivity index (χ4v) is 3.07. The molecule has 1 aliphatic rings. The third-order valence-corrected chi connectivity index (χ3v) is 4.15. The van der Waals surface area contributed by atoms with Crippen molar-refractivity contribution in [2.75, 3.05) is 0 Å². The summed E-state index contributed by atoms with van der Waals surface area (Å²) in [7, 11) is 0. The summed E-state index contributed by atoms with van der Waals surface area (Å²) in [4.78, 5) is 0. The van der Waals surface area contributed by atoms with E-state index >= 15 is 0 Å². The van der Waals surface area contributed by atoms with Crippen molar-refractivity contribution in [1.29, 1.82) is 5.26 Å². The van der Waals surface area contributed by atoms with Crippen molar-refractivity contribution in [3.63, 3.8) is 0 Å². The fourth-order valence-electron chi connectivity index (χ4n) is 3.07. The van der Waals surface area contributed by atoms with Gasteiger partial charge >= 0.3 is 0 Å². The van der Waals surface area contributed by atoms with Gasteiger partial charge < -0.3 is 0 Å². The zero-order chi connectivity index (χ0) is 12.8. The van der Waals surface area contributed by atoms with Crippen LogP contribution in [-0.4, -0.2) is 0 Å². The van der Waals surface area contributed by atoms with Gasteiger partial charge in [0, 0.05) is 0 Å². The lowest BCUT2D eigenvalue weighted by Crippen LogP contribution is -2.14. The molecule has 0 N–H and O–H groups in total. The Balaban J connectivity index is 1.97. The Bertz CT molecular complexity index is 433. The van der Waals surface area contributed by atoms with Gasteiger partial charge in [-0.1, -0.05) is 24.3 Å². The van der Waals surface area contributed by atoms with Crippen molar-refractivity contribution in [3.8, 4) is 6.07 Å². The first-order valence-electron chi connectivity index (χ1n) is 6.95. The van der Waals surface area contributed by atoms with Crippen molar-refractivity contribution in [3.05, 3.63) is 48.0 Å². The number of hydrogen-bond donors (Lipinski definition) is 0. The molecule has 94 valence electrons. The van der Waals surface area contributed by atoms with Gasteiger partial charge in [-0.25, -0.2) is 0 Å². The molecule has 1 fully saturated rings. The summed E-state index contributed by atoms with van der Waals surface area (Å²) in [6.07, 6.45) is 9.54. The first kappa shape index (κ1) is 12.9. The van der Waals surface area contributed by atoms with Crippen LogP contribution in [-0.2, 0) is 0 Å². The Labute approximate surface area is 110 Å². The maximum Gasteiger partial charge on any atom is 0.0994 e. The number of hydrogen-bond acceptors (Lipinski definition) is 1. The predicted molar refractivity (Wildman–Crippen MR) is 75.3 cm³/mol. The molecule has 0 aliphatic heterocycles. The highest BCUT2D eigenvalue weighted by molar-refractivity contribution is 5.39. The number of benzene rings is 1. The van der Waals surface area contributed by atoms with E-state index in [4.69, 9.17) is 5.26 Å². The molecular formula is C17H21N. The van der Waals surface area contributed by atoms with Crippen LogP contribution >= 0.6 is 0 Å². The normalized spacial score (nSPS) is 23.3. The summed E-state index contributed by atoms with van der Waals surface area (Å²) in [5.74, 6) is 1.47. The first-order chi connectivity index (χ1) is 8.85. The monoisotopic (exact) mass is 239 g/mol. The quantitative estimate of drug-likeness (QED) is 0.692. The number of allylic oxidation sites excluding steroid dienone is 1. The zero-order valence-corrected chi connectivity index (χ0v) is 10.9. The van der Waals surface area contributed by atoms with Crippen molar-refractivity contribution < 1.29 is 0 Å². The third kappa shape index (κ3) is 3.01. The first-order valence-corrected chi connectivity index (χ1v) is 6.95. The van der Waals surface area contributed by atoms with Crippen LogP contribution in [0.5, 0.6) is 0 Å². The van der Waals surface area contributed by atoms with E-state index in [-0.39, 0.29) is 0 Å². The van der Waals surface area contributed by atoms with Gasteiger partial charge in [0.25, 0.3) is 0 Å². The van der Waals surface area contributed by atoms with Crippen LogP contribution in [0.1, 0.15) is 55.6 Å². The van der Waals surface area contributed by atoms with E-state index in [1.165, 1.54) is 37.7 Å². The molecule has 0 spiro atoms. The van der Waals surface area contributed by atoms with Crippen molar-refractivity contribution in [2.24, 2.45) is 5.92 Å². The van der Waals surface area contributed by atoms with E-state index in [0.717, 1.165) is 17.9 Å². The summed E-state index contributed by atoms with van der Waals surface area (Å²) in [6.45, 7) is 3.79. The number of rotatable bonds is 4. The van der Waals surface area contributed by atoms with Crippen LogP contribution in [0, 0.1) is 17.2 Å². The van der Waals surface area contributed by atoms with Crippen molar-refractivity contribution in [2.45, 2.75) is 44.4 Å². The van der Waals surface area contributed by atoms with E-state index in [9.17, 15) is 0 Å². The minimum absolute atomic E-state index is 0.598. The average molecular weight is 239 g/mol. The molecule has 0 unspecified atom stereocenters. The summed E-state index contributed by atoms with van der Waals surface area (Å²) >= 11 is 0. The lowest BCUT2D eigenvalue weighted by atomic mass is 9.76. The molecule has 1 nitrogen and oxygen atoms in total. The van der Waals surface area contributed by atoms with Crippen LogP contribution in [0.15, 0.2) is 36.9 Å². The summed E-state index contributed by atoms with van der Waals surface area (Å²) < 4.78 is 0. The zero-order valence-electron chi connectivity index (χ0n) is 10.9. The van der Waals surface area contributed by atoms with Crippen molar-refractivity contribution >= 4 is 0 Å². The fraction of sp³-hybridized carbons (Fsp3) is 0.471. The minimum Gasteiger partial charge on any atom is -0.192 e. The SMILES string of the molecule is C=CCCC1CCC(c2ccccc2C#N)CC1. The molecule has 1 aromatic rings. The molecule has 0 atom stereocenters. The van der Waals surface area contributed by atoms with Crippen LogP contribution in [0.3, 0.4) is 0 Å². The second-order valence-electron chi connectivity index (χ2n) is 5.28. The van der Waals surface area contributed by atoms with Crippen LogP contribution in [0.25, 0.3) is 0 Å². The van der Waals surface area contributed by atoms with Gasteiger partial charge in [-0.15, -0.1) is 6.58 Å². The van der Waals surface area contributed by atoms with Gasteiger partial charge in [-0.3, -0.25) is 0 Å². The highest BCUT2D eigenvalue weighted by Crippen LogP contribution is 2.38. The van der Waals surface area contributed by atoms with Gasteiger partial charge in [0.2, 0.25) is 0 Å². The maximum atomic E-state index is 9.16. The molecule has 1 aliphatic carbocycles. The summed E-state index contributed by atoms with van der Waals surface area (Å²) in [5.41, 5.74) is 2.13. The lowest BCUT2D eigenvalue weighted by molar-refractivity contribution is 0.311. The molecule has 0 saturated heterocycles. The molecule has 0 bridgehead atoms. The Hall–Kier alpha value is -1.55. The van der Waals surface area contributed by atoms with Crippen LogP contribution < -0.4 is 0 Å². The molecule has 0 aromatic heterocycles. The Kier molecular flexibility index (Phi) is 4.59. The van der Waals surface area contributed by atoms with E-state index in [1.54, 1.807) is 0 Å². The minimum atomic E-state index is 0.598. The third-order valence-electron chi connectivity index (χ3n) is 4.15. The molecular weight excluding hydrogens is 218 g/mol. The highest BCUT2D eigenvalue weighted by Gasteiger charge is 2.23. The van der Waals surface area contributed by atoms with Gasteiger partial charge in [0.1, 0.15) is 0 Å². The van der Waals surface area contributed by atoms with Crippen LogP contribution in [0.4, 0.5) is 0 Å². The van der Waals surface area contributed by atoms with E-state index < -0.39 is 0 Å². The van der Waals surface area contributed by atoms with Gasteiger partial charge in [0.05, 0.1) is 11.6 Å². The Morgan fingerprint density at radius 1 is 1.22 bits per heavy atom. The van der Waals surface area contributed by atoms with E-state index in [1.807, 2.05) is 18.2 Å². The largest absolute Gasteiger partial charge is 0.192 e. The number of nitriles is 1. The molecule has 1 aromatic carbocycles. The smallest absolute Gasteiger partial charge is 0.0994 e. The maximum absolute atomic E-state index is 9.16. The van der Waals surface area contributed by atoms with Gasteiger partial charge in [-0.05, 0) is 62.0 Å². The standard InChI is InChI=1S/C17H21N/c1-2-3-6-14-9-11-15(12-10-14)17-8-5-4-7-16(17)13-18/h2,4-5,7-8,14-15H,1,3,6,9-12H2. The van der Waals surface area contributed by atoms with E-state index in [2.05, 4.69) is 24.8 Å². The Morgan fingerprint density at radius 3 is 2.61 bits per heavy atom. The van der Waals surface area contributed by atoms with Gasteiger partial charge in [0.15, 0.2) is 0 Å². The molecule has 0 amide bonds. The predicted octanol–water partition coefficient (Wildman–Crippen LogP) is 4.80. The molecule has 2 rings (SSSR count). The second-order valence-corrected chi connectivity index (χ2v) is 5.28. The lowest BCUT2D eigenvalue weighted by Gasteiger charge is -2.29. The molecule has 0 heterocycles. The molecule has 1 heteroatoms. The summed E-state index contributed by atoms with van der Waals surface area (Å²) in [6, 6.07) is 10.4. The molecule has 1 saturated carbocycles. The topological polar surface area (TPSA) is 23.8 Å². The van der Waals surface area contributed by atoms with Crippen LogP contribution in [0.2, 0.25) is 0 Å². The van der Waals surface area contributed by atoms with Gasteiger partial charge in [-0.2, -0.15) is 5.26 Å². The summed E-state index contributed by atoms with van der Waals surface area (Å²) in [5, 5.41) is 9.16. The second kappa shape index (κ2) is 6.40. The average Bonchev–Trinajstić information content (AvgIpc) is 2.45. The van der Waals surface area contributed by atoms with E-state index in [0.29, 0.717) is 5.92 Å². The number of nitrogens with zero attached hydrogens (tertiary/aromatic N) is 1. The molecule has 0 radical (unpaired) electrons. The highest BCUT2D eigenvalue weighted by atomic mass is 14.3. The molecule has 18 heavy (non-hydrogen) atoms. The Morgan fingerprint density at radius 2 is 1.94 bits per heavy atom.